The Labute approximate surface area is 236 Å². The third-order valence-electron chi connectivity index (χ3n) is 6.73. The number of nitro benzene ring substituents is 1. The summed E-state index contributed by atoms with van der Waals surface area (Å²) in [6.07, 6.45) is 0. The highest BCUT2D eigenvalue weighted by Crippen LogP contribution is 2.32. The fourth-order valence-corrected chi connectivity index (χ4v) is 4.82. The number of amides is 1. The fourth-order valence-electron chi connectivity index (χ4n) is 4.82. The highest BCUT2D eigenvalue weighted by molar-refractivity contribution is 5.99. The average molecular weight is 558 g/mol. The lowest BCUT2D eigenvalue weighted by atomic mass is 10.0. The number of hydrogen-bond donors (Lipinski definition) is 1. The van der Waals surface area contributed by atoms with E-state index in [0.717, 1.165) is 10.4 Å². The summed E-state index contributed by atoms with van der Waals surface area (Å²) in [5, 5.41) is 20.6. The lowest BCUT2D eigenvalue weighted by Gasteiger charge is -2.29. The molecule has 2 heterocycles. The Kier molecular flexibility index (Phi) is 7.46. The van der Waals surface area contributed by atoms with Crippen LogP contribution in [0.5, 0.6) is 5.75 Å². The summed E-state index contributed by atoms with van der Waals surface area (Å²) in [6, 6.07) is 16.6. The molecular weight excluding hydrogens is 526 g/mol. The number of benzene rings is 3. The van der Waals surface area contributed by atoms with Crippen LogP contribution in [-0.2, 0) is 4.74 Å². The maximum Gasteiger partial charge on any atom is 0.295 e. The van der Waals surface area contributed by atoms with E-state index in [9.17, 15) is 19.7 Å². The molecule has 212 valence electrons. The molecule has 41 heavy (non-hydrogen) atoms. The van der Waals surface area contributed by atoms with Crippen molar-refractivity contribution in [2.45, 2.75) is 26.3 Å². The Bertz CT molecular complexity index is 1700. The van der Waals surface area contributed by atoms with Gasteiger partial charge in [-0.3, -0.25) is 19.7 Å². The number of hydrogen-bond acceptors (Lipinski definition) is 8. The number of nitro groups is 1. The number of nitrogens with one attached hydrogen (secondary N) is 1. The standard InChI is InChI=1S/C30H31N5O6/c1-30(2,3)31-28(36)20-15-19(16-22(17-20)40-4)27-23-7-5-6-8-24(23)29(37)34(32-27)26-18-21(9-10-25(26)35(38)39)33-11-13-41-14-12-33/h5-10,15-18H,11-14H2,1-4H3,(H,31,36). The minimum atomic E-state index is -0.526. The minimum Gasteiger partial charge on any atom is -0.497 e. The third-order valence-corrected chi connectivity index (χ3v) is 6.73. The highest BCUT2D eigenvalue weighted by atomic mass is 16.6. The summed E-state index contributed by atoms with van der Waals surface area (Å²) < 4.78 is 12.0. The van der Waals surface area contributed by atoms with Gasteiger partial charge < -0.3 is 19.7 Å². The molecule has 5 rings (SSSR count). The van der Waals surface area contributed by atoms with E-state index in [0.29, 0.717) is 59.6 Å². The summed E-state index contributed by atoms with van der Waals surface area (Å²) in [5.74, 6) is 0.120. The summed E-state index contributed by atoms with van der Waals surface area (Å²) in [5.41, 5.74) is 0.773. The summed E-state index contributed by atoms with van der Waals surface area (Å²) in [6.45, 7) is 7.95. The molecule has 1 amide bonds. The second-order valence-electron chi connectivity index (χ2n) is 10.8. The van der Waals surface area contributed by atoms with Crippen LogP contribution in [-0.4, -0.2) is 59.6 Å². The number of carbonyl (C=O) groups excluding carboxylic acids is 1. The zero-order valence-electron chi connectivity index (χ0n) is 23.3. The van der Waals surface area contributed by atoms with E-state index in [1.54, 1.807) is 54.6 Å². The molecule has 1 aliphatic rings. The van der Waals surface area contributed by atoms with Gasteiger partial charge in [-0.1, -0.05) is 18.2 Å². The topological polar surface area (TPSA) is 129 Å². The lowest BCUT2D eigenvalue weighted by Crippen LogP contribution is -2.40. The van der Waals surface area contributed by atoms with Crippen LogP contribution in [0.25, 0.3) is 27.7 Å². The van der Waals surface area contributed by atoms with Gasteiger partial charge in [0.15, 0.2) is 0 Å². The molecule has 0 aliphatic carbocycles. The summed E-state index contributed by atoms with van der Waals surface area (Å²) in [7, 11) is 1.50. The molecule has 0 atom stereocenters. The largest absolute Gasteiger partial charge is 0.497 e. The first kappa shape index (κ1) is 27.8. The number of ether oxygens (including phenoxy) is 2. The number of morpholine rings is 1. The average Bonchev–Trinajstić information content (AvgIpc) is 2.96. The maximum absolute atomic E-state index is 13.8. The van der Waals surface area contributed by atoms with E-state index in [1.165, 1.54) is 13.2 Å². The van der Waals surface area contributed by atoms with Gasteiger partial charge in [-0.05, 0) is 57.2 Å². The third kappa shape index (κ3) is 5.75. The van der Waals surface area contributed by atoms with Crippen LogP contribution in [0.15, 0.2) is 65.5 Å². The first-order chi connectivity index (χ1) is 19.6. The predicted molar refractivity (Wildman–Crippen MR) is 156 cm³/mol. The van der Waals surface area contributed by atoms with Gasteiger partial charge in [-0.25, -0.2) is 0 Å². The van der Waals surface area contributed by atoms with E-state index >= 15 is 0 Å². The van der Waals surface area contributed by atoms with Crippen molar-refractivity contribution in [3.05, 3.63) is 86.7 Å². The zero-order valence-corrected chi connectivity index (χ0v) is 23.3. The fraction of sp³-hybridized carbons (Fsp3) is 0.300. The molecule has 11 nitrogen and oxygen atoms in total. The van der Waals surface area contributed by atoms with Gasteiger partial charge in [0.1, 0.15) is 11.4 Å². The molecule has 1 saturated heterocycles. The molecule has 0 radical (unpaired) electrons. The molecular formula is C30H31N5O6. The van der Waals surface area contributed by atoms with Gasteiger partial charge in [-0.15, -0.1) is 0 Å². The molecule has 0 bridgehead atoms. The molecule has 1 N–H and O–H groups in total. The van der Waals surface area contributed by atoms with Crippen molar-refractivity contribution in [3.63, 3.8) is 0 Å². The Balaban J connectivity index is 1.75. The van der Waals surface area contributed by atoms with Crippen molar-refractivity contribution in [2.24, 2.45) is 0 Å². The molecule has 4 aromatic rings. The quantitative estimate of drug-likeness (QED) is 0.274. The maximum atomic E-state index is 13.8. The number of aromatic nitrogens is 2. The normalized spacial score (nSPS) is 13.7. The van der Waals surface area contributed by atoms with E-state index in [-0.39, 0.29) is 17.3 Å². The highest BCUT2D eigenvalue weighted by Gasteiger charge is 2.24. The Morgan fingerprint density at radius 1 is 1.05 bits per heavy atom. The Hall–Kier alpha value is -4.77. The summed E-state index contributed by atoms with van der Waals surface area (Å²) in [4.78, 5) is 40.5. The van der Waals surface area contributed by atoms with E-state index in [1.807, 2.05) is 25.7 Å². The smallest absolute Gasteiger partial charge is 0.295 e. The van der Waals surface area contributed by atoms with E-state index in [4.69, 9.17) is 9.47 Å². The lowest BCUT2D eigenvalue weighted by molar-refractivity contribution is -0.384. The number of fused-ring (bicyclic) bond motifs is 1. The van der Waals surface area contributed by atoms with Gasteiger partial charge in [0.05, 0.1) is 36.3 Å². The molecule has 1 fully saturated rings. The SMILES string of the molecule is COc1cc(C(=O)NC(C)(C)C)cc(-c2nn(-c3cc(N4CCOCC4)ccc3[N+](=O)[O-])c(=O)c3ccccc23)c1. The van der Waals surface area contributed by atoms with Crippen molar-refractivity contribution >= 4 is 28.1 Å². The van der Waals surface area contributed by atoms with Crippen LogP contribution in [0.1, 0.15) is 31.1 Å². The van der Waals surface area contributed by atoms with Gasteiger partial charge >= 0.3 is 0 Å². The molecule has 3 aromatic carbocycles. The zero-order chi connectivity index (χ0) is 29.3. The monoisotopic (exact) mass is 557 g/mol. The Morgan fingerprint density at radius 3 is 2.41 bits per heavy atom. The molecule has 0 spiro atoms. The molecule has 0 unspecified atom stereocenters. The van der Waals surface area contributed by atoms with Crippen LogP contribution >= 0.6 is 0 Å². The van der Waals surface area contributed by atoms with Crippen LogP contribution in [0.2, 0.25) is 0 Å². The van der Waals surface area contributed by atoms with Crippen molar-refractivity contribution in [3.8, 4) is 22.7 Å². The van der Waals surface area contributed by atoms with E-state index < -0.39 is 16.0 Å². The first-order valence-corrected chi connectivity index (χ1v) is 13.2. The number of nitrogens with zero attached hydrogens (tertiary/aromatic N) is 4. The second-order valence-corrected chi connectivity index (χ2v) is 10.8. The van der Waals surface area contributed by atoms with Gasteiger partial charge in [0.25, 0.3) is 17.2 Å². The van der Waals surface area contributed by atoms with Gasteiger partial charge in [0, 0.05) is 46.9 Å². The van der Waals surface area contributed by atoms with Crippen molar-refractivity contribution < 1.29 is 19.2 Å². The minimum absolute atomic E-state index is 0.0459. The Morgan fingerprint density at radius 2 is 1.76 bits per heavy atom. The van der Waals surface area contributed by atoms with Crippen LogP contribution in [0, 0.1) is 10.1 Å². The van der Waals surface area contributed by atoms with Crippen LogP contribution in [0.4, 0.5) is 11.4 Å². The number of carbonyl (C=O) groups is 1. The van der Waals surface area contributed by atoms with Gasteiger partial charge in [0.2, 0.25) is 0 Å². The van der Waals surface area contributed by atoms with Crippen molar-refractivity contribution in [1.29, 1.82) is 0 Å². The van der Waals surface area contributed by atoms with Crippen LogP contribution < -0.4 is 20.5 Å². The number of methoxy groups -OCH3 is 1. The van der Waals surface area contributed by atoms with Crippen molar-refractivity contribution in [2.75, 3.05) is 38.3 Å². The number of anilines is 1. The van der Waals surface area contributed by atoms with Crippen LogP contribution in [0.3, 0.4) is 0 Å². The molecule has 1 aliphatic heterocycles. The molecule has 11 heteroatoms. The number of rotatable bonds is 6. The van der Waals surface area contributed by atoms with E-state index in [2.05, 4.69) is 10.4 Å². The first-order valence-electron chi connectivity index (χ1n) is 13.2. The predicted octanol–water partition coefficient (Wildman–Crippen LogP) is 4.33. The summed E-state index contributed by atoms with van der Waals surface area (Å²) >= 11 is 0. The molecule has 0 saturated carbocycles. The van der Waals surface area contributed by atoms with Crippen molar-refractivity contribution in [1.82, 2.24) is 15.1 Å². The second kappa shape index (κ2) is 11.0. The van der Waals surface area contributed by atoms with Gasteiger partial charge in [-0.2, -0.15) is 9.78 Å². The molecule has 1 aromatic heterocycles.